The number of hydrogen-bond acceptors (Lipinski definition) is 5. The van der Waals surface area contributed by atoms with Gasteiger partial charge in [-0.3, -0.25) is 4.90 Å². The Balaban J connectivity index is 1.76. The minimum Gasteiger partial charge on any atom is -0.345 e. The third-order valence-electron chi connectivity index (χ3n) is 3.46. The van der Waals surface area contributed by atoms with Crippen LogP contribution in [0.15, 0.2) is 3.92 Å². The Hall–Kier alpha value is -0.200. The summed E-state index contributed by atoms with van der Waals surface area (Å²) in [7, 11) is 0. The van der Waals surface area contributed by atoms with Gasteiger partial charge in [-0.2, -0.15) is 0 Å². The number of rotatable bonds is 1. The molecule has 2 fully saturated rings. The fourth-order valence-corrected chi connectivity index (χ4v) is 3.83. The van der Waals surface area contributed by atoms with Gasteiger partial charge in [0, 0.05) is 25.7 Å². The van der Waals surface area contributed by atoms with Crippen molar-refractivity contribution in [3.05, 3.63) is 3.92 Å². The van der Waals surface area contributed by atoms with Crippen molar-refractivity contribution in [2.75, 3.05) is 31.1 Å². The van der Waals surface area contributed by atoms with E-state index in [1.165, 1.54) is 32.4 Å². The molecule has 0 amide bonds. The summed E-state index contributed by atoms with van der Waals surface area (Å²) in [5.41, 5.74) is 0. The van der Waals surface area contributed by atoms with E-state index in [1.54, 1.807) is 11.3 Å². The Morgan fingerprint density at radius 2 is 2.06 bits per heavy atom. The Bertz CT molecular complexity index is 369. The van der Waals surface area contributed by atoms with Gasteiger partial charge in [0.05, 0.1) is 0 Å². The second-order valence-corrected chi connectivity index (χ2v) is 6.70. The van der Waals surface area contributed by atoms with E-state index < -0.39 is 0 Å². The zero-order chi connectivity index (χ0) is 11.0. The van der Waals surface area contributed by atoms with Crippen molar-refractivity contribution in [2.24, 2.45) is 0 Å². The van der Waals surface area contributed by atoms with Crippen molar-refractivity contribution in [2.45, 2.75) is 25.3 Å². The molecule has 0 radical (unpaired) electrons. The molecular weight excluding hydrogens is 288 g/mol. The van der Waals surface area contributed by atoms with Crippen LogP contribution >= 0.6 is 27.3 Å². The highest BCUT2D eigenvalue weighted by Gasteiger charge is 2.29. The largest absolute Gasteiger partial charge is 0.345 e. The summed E-state index contributed by atoms with van der Waals surface area (Å²) in [6.07, 6.45) is 3.95. The average molecular weight is 303 g/mol. The van der Waals surface area contributed by atoms with Crippen LogP contribution in [0.1, 0.15) is 19.3 Å². The van der Waals surface area contributed by atoms with Gasteiger partial charge in [0.2, 0.25) is 5.13 Å². The zero-order valence-electron chi connectivity index (χ0n) is 9.10. The number of aromatic nitrogens is 2. The molecule has 1 unspecified atom stereocenters. The van der Waals surface area contributed by atoms with Gasteiger partial charge >= 0.3 is 0 Å². The first-order valence-electron chi connectivity index (χ1n) is 5.81. The predicted molar refractivity (Wildman–Crippen MR) is 69.0 cm³/mol. The number of halogens is 1. The molecule has 6 heteroatoms. The molecule has 2 saturated heterocycles. The van der Waals surface area contributed by atoms with Crippen molar-refractivity contribution in [3.8, 4) is 0 Å². The molecular formula is C10H15BrN4S. The number of fused-ring (bicyclic) bond motifs is 1. The third kappa shape index (κ3) is 2.10. The lowest BCUT2D eigenvalue weighted by atomic mass is 10.2. The average Bonchev–Trinajstić information content (AvgIpc) is 2.83. The monoisotopic (exact) mass is 302 g/mol. The zero-order valence-corrected chi connectivity index (χ0v) is 11.5. The third-order valence-corrected chi connectivity index (χ3v) is 4.88. The maximum atomic E-state index is 4.22. The van der Waals surface area contributed by atoms with Gasteiger partial charge in [-0.15, -0.1) is 10.2 Å². The summed E-state index contributed by atoms with van der Waals surface area (Å²) in [6.45, 7) is 4.79. The molecule has 4 nitrogen and oxygen atoms in total. The first-order chi connectivity index (χ1) is 7.83. The Morgan fingerprint density at radius 3 is 2.88 bits per heavy atom. The molecule has 0 aromatic carbocycles. The summed E-state index contributed by atoms with van der Waals surface area (Å²) in [6, 6.07) is 0.741. The second-order valence-electron chi connectivity index (χ2n) is 4.47. The molecule has 0 N–H and O–H groups in total. The van der Waals surface area contributed by atoms with Crippen molar-refractivity contribution < 1.29 is 0 Å². The summed E-state index contributed by atoms with van der Waals surface area (Å²) >= 11 is 5.02. The van der Waals surface area contributed by atoms with Gasteiger partial charge < -0.3 is 4.90 Å². The van der Waals surface area contributed by atoms with Crippen LogP contribution in [0, 0.1) is 0 Å². The molecule has 3 rings (SSSR count). The van der Waals surface area contributed by atoms with Crippen LogP contribution < -0.4 is 4.90 Å². The fraction of sp³-hybridized carbons (Fsp3) is 0.800. The molecule has 0 spiro atoms. The molecule has 0 aliphatic carbocycles. The molecule has 0 saturated carbocycles. The number of anilines is 1. The molecule has 88 valence electrons. The SMILES string of the molecule is Brc1nnc(N2CCCN3CCCC3C2)s1. The maximum Gasteiger partial charge on any atom is 0.209 e. The van der Waals surface area contributed by atoms with Crippen molar-refractivity contribution in [3.63, 3.8) is 0 Å². The standard InChI is InChI=1S/C10H15BrN4S/c11-9-12-13-10(16-9)15-6-2-5-14-4-1-3-8(14)7-15/h8H,1-7H2. The van der Waals surface area contributed by atoms with E-state index in [2.05, 4.69) is 35.9 Å². The van der Waals surface area contributed by atoms with E-state index in [0.29, 0.717) is 0 Å². The van der Waals surface area contributed by atoms with Gasteiger partial charge in [-0.1, -0.05) is 11.3 Å². The second kappa shape index (κ2) is 4.58. The highest BCUT2D eigenvalue weighted by molar-refractivity contribution is 9.11. The topological polar surface area (TPSA) is 32.3 Å². The summed E-state index contributed by atoms with van der Waals surface area (Å²) in [5, 5.41) is 9.33. The highest BCUT2D eigenvalue weighted by atomic mass is 79.9. The van der Waals surface area contributed by atoms with Crippen LogP contribution in [-0.4, -0.2) is 47.3 Å². The lowest BCUT2D eigenvalue weighted by Crippen LogP contribution is -2.36. The molecule has 3 heterocycles. The fourth-order valence-electron chi connectivity index (χ4n) is 2.71. The van der Waals surface area contributed by atoms with Crippen LogP contribution in [-0.2, 0) is 0 Å². The van der Waals surface area contributed by atoms with Crippen LogP contribution in [0.4, 0.5) is 5.13 Å². The number of hydrogen-bond donors (Lipinski definition) is 0. The van der Waals surface area contributed by atoms with Gasteiger partial charge in [0.15, 0.2) is 3.92 Å². The lowest BCUT2D eigenvalue weighted by Gasteiger charge is -2.24. The molecule has 1 aromatic rings. The van der Waals surface area contributed by atoms with E-state index in [4.69, 9.17) is 0 Å². The Morgan fingerprint density at radius 1 is 1.19 bits per heavy atom. The van der Waals surface area contributed by atoms with Crippen LogP contribution in [0.2, 0.25) is 0 Å². The molecule has 1 atom stereocenters. The smallest absolute Gasteiger partial charge is 0.209 e. The van der Waals surface area contributed by atoms with E-state index >= 15 is 0 Å². The quantitative estimate of drug-likeness (QED) is 0.794. The minimum atomic E-state index is 0.741. The van der Waals surface area contributed by atoms with Gasteiger partial charge in [0.1, 0.15) is 0 Å². The van der Waals surface area contributed by atoms with Crippen LogP contribution in [0.3, 0.4) is 0 Å². The first kappa shape index (κ1) is 10.9. The van der Waals surface area contributed by atoms with Gasteiger partial charge in [-0.25, -0.2) is 0 Å². The normalized spacial score (nSPS) is 26.8. The summed E-state index contributed by atoms with van der Waals surface area (Å²) < 4.78 is 0.884. The molecule has 1 aromatic heterocycles. The molecule has 2 aliphatic rings. The molecule has 0 bridgehead atoms. The maximum absolute atomic E-state index is 4.22. The van der Waals surface area contributed by atoms with E-state index in [-0.39, 0.29) is 0 Å². The first-order valence-corrected chi connectivity index (χ1v) is 7.42. The summed E-state index contributed by atoms with van der Waals surface area (Å²) in [4.78, 5) is 5.04. The van der Waals surface area contributed by atoms with E-state index in [0.717, 1.165) is 28.2 Å². The van der Waals surface area contributed by atoms with E-state index in [9.17, 15) is 0 Å². The molecule has 2 aliphatic heterocycles. The van der Waals surface area contributed by atoms with Crippen LogP contribution in [0.5, 0.6) is 0 Å². The van der Waals surface area contributed by atoms with Gasteiger partial charge in [-0.05, 0) is 41.7 Å². The van der Waals surface area contributed by atoms with E-state index in [1.807, 2.05) is 0 Å². The van der Waals surface area contributed by atoms with Crippen molar-refractivity contribution in [1.29, 1.82) is 0 Å². The van der Waals surface area contributed by atoms with Crippen molar-refractivity contribution >= 4 is 32.4 Å². The van der Waals surface area contributed by atoms with Gasteiger partial charge in [0.25, 0.3) is 0 Å². The van der Waals surface area contributed by atoms with Crippen molar-refractivity contribution in [1.82, 2.24) is 15.1 Å². The predicted octanol–water partition coefficient (Wildman–Crippen LogP) is 1.98. The Labute approximate surface area is 108 Å². The van der Waals surface area contributed by atoms with Crippen LogP contribution in [0.25, 0.3) is 0 Å². The Kier molecular flexibility index (Phi) is 3.13. The summed E-state index contributed by atoms with van der Waals surface area (Å²) in [5.74, 6) is 0. The minimum absolute atomic E-state index is 0.741. The molecule has 16 heavy (non-hydrogen) atoms. The highest BCUT2D eigenvalue weighted by Crippen LogP contribution is 2.28. The number of nitrogens with zero attached hydrogens (tertiary/aromatic N) is 4. The lowest BCUT2D eigenvalue weighted by molar-refractivity contribution is 0.273.